The van der Waals surface area contributed by atoms with Gasteiger partial charge in [-0.15, -0.1) is 0 Å². The van der Waals surface area contributed by atoms with E-state index in [0.717, 1.165) is 5.56 Å². The van der Waals surface area contributed by atoms with E-state index in [9.17, 15) is 4.79 Å². The number of benzene rings is 1. The predicted octanol–water partition coefficient (Wildman–Crippen LogP) is 2.59. The van der Waals surface area contributed by atoms with Crippen molar-refractivity contribution >= 4 is 5.97 Å². The molecule has 0 saturated carbocycles. The lowest BCUT2D eigenvalue weighted by Gasteiger charge is -1.97. The normalized spacial score (nSPS) is 10.5. The standard InChI is InChI=1S/C13H13NO3/c1-8-3-5-10(6-4-8)13-9(2)17-11(14-13)7-12(15)16/h3-6H,7H2,1-2H3,(H,15,16). The average Bonchev–Trinajstić information content (AvgIpc) is 2.59. The molecule has 0 bridgehead atoms. The Hall–Kier alpha value is -2.10. The molecule has 1 aromatic carbocycles. The minimum atomic E-state index is -0.943. The van der Waals surface area contributed by atoms with Crippen molar-refractivity contribution in [2.45, 2.75) is 20.3 Å². The van der Waals surface area contributed by atoms with Gasteiger partial charge in [0.1, 0.15) is 17.9 Å². The number of aromatic nitrogens is 1. The van der Waals surface area contributed by atoms with Gasteiger partial charge in [-0.1, -0.05) is 29.8 Å². The van der Waals surface area contributed by atoms with Crippen molar-refractivity contribution < 1.29 is 14.3 Å². The fourth-order valence-corrected chi connectivity index (χ4v) is 1.64. The summed E-state index contributed by atoms with van der Waals surface area (Å²) >= 11 is 0. The van der Waals surface area contributed by atoms with E-state index in [1.54, 1.807) is 6.92 Å². The molecule has 0 aliphatic carbocycles. The van der Waals surface area contributed by atoms with Gasteiger partial charge in [0, 0.05) is 5.56 Å². The third kappa shape index (κ3) is 2.53. The van der Waals surface area contributed by atoms with Crippen LogP contribution >= 0.6 is 0 Å². The van der Waals surface area contributed by atoms with Crippen molar-refractivity contribution in [2.75, 3.05) is 0 Å². The molecule has 2 aromatic rings. The minimum absolute atomic E-state index is 0.188. The molecule has 1 aromatic heterocycles. The fraction of sp³-hybridized carbons (Fsp3) is 0.231. The lowest BCUT2D eigenvalue weighted by Crippen LogP contribution is -1.99. The quantitative estimate of drug-likeness (QED) is 0.881. The van der Waals surface area contributed by atoms with Crippen LogP contribution in [0.15, 0.2) is 28.7 Å². The molecule has 0 fully saturated rings. The highest BCUT2D eigenvalue weighted by Gasteiger charge is 2.13. The van der Waals surface area contributed by atoms with Gasteiger partial charge in [-0.05, 0) is 13.8 Å². The number of rotatable bonds is 3. The maximum absolute atomic E-state index is 10.6. The van der Waals surface area contributed by atoms with Crippen LogP contribution in [0.1, 0.15) is 17.2 Å². The van der Waals surface area contributed by atoms with Gasteiger partial charge in [-0.2, -0.15) is 0 Å². The second-order valence-electron chi connectivity index (χ2n) is 3.95. The van der Waals surface area contributed by atoms with Gasteiger partial charge in [-0.3, -0.25) is 4.79 Å². The first-order chi connectivity index (χ1) is 8.06. The first-order valence-corrected chi connectivity index (χ1v) is 5.31. The molecular formula is C13H13NO3. The zero-order valence-corrected chi connectivity index (χ0v) is 9.73. The Bertz CT molecular complexity index is 540. The Morgan fingerprint density at radius 1 is 1.29 bits per heavy atom. The molecule has 1 heterocycles. The van der Waals surface area contributed by atoms with Crippen LogP contribution in [0, 0.1) is 13.8 Å². The second kappa shape index (κ2) is 4.41. The topological polar surface area (TPSA) is 63.3 Å². The number of carboxylic acid groups (broad SMARTS) is 1. The van der Waals surface area contributed by atoms with E-state index < -0.39 is 5.97 Å². The summed E-state index contributed by atoms with van der Waals surface area (Å²) < 4.78 is 5.32. The molecule has 88 valence electrons. The minimum Gasteiger partial charge on any atom is -0.481 e. The molecule has 17 heavy (non-hydrogen) atoms. The number of carboxylic acids is 1. The van der Waals surface area contributed by atoms with E-state index in [0.29, 0.717) is 11.5 Å². The first kappa shape index (κ1) is 11.4. The van der Waals surface area contributed by atoms with Gasteiger partial charge in [0.25, 0.3) is 0 Å². The number of aryl methyl sites for hydroxylation is 2. The van der Waals surface area contributed by atoms with E-state index in [-0.39, 0.29) is 12.3 Å². The fourth-order valence-electron chi connectivity index (χ4n) is 1.64. The van der Waals surface area contributed by atoms with Crippen molar-refractivity contribution in [3.8, 4) is 11.3 Å². The molecule has 0 radical (unpaired) electrons. The molecule has 1 N–H and O–H groups in total. The van der Waals surface area contributed by atoms with Crippen LogP contribution in [0.5, 0.6) is 0 Å². The molecule has 0 unspecified atom stereocenters. The summed E-state index contributed by atoms with van der Waals surface area (Å²) in [6.45, 7) is 3.79. The van der Waals surface area contributed by atoms with E-state index in [1.165, 1.54) is 5.56 Å². The summed E-state index contributed by atoms with van der Waals surface area (Å²) in [6, 6.07) is 7.87. The lowest BCUT2D eigenvalue weighted by atomic mass is 10.1. The number of hydrogen-bond acceptors (Lipinski definition) is 3. The molecule has 2 rings (SSSR count). The number of nitrogens with zero attached hydrogens (tertiary/aromatic N) is 1. The SMILES string of the molecule is Cc1ccc(-c2nc(CC(=O)O)oc2C)cc1. The maximum atomic E-state index is 10.6. The van der Waals surface area contributed by atoms with Gasteiger partial charge in [-0.25, -0.2) is 4.98 Å². The highest BCUT2D eigenvalue weighted by Crippen LogP contribution is 2.23. The van der Waals surface area contributed by atoms with Crippen LogP contribution < -0.4 is 0 Å². The van der Waals surface area contributed by atoms with Crippen LogP contribution in [-0.4, -0.2) is 16.1 Å². The lowest BCUT2D eigenvalue weighted by molar-refractivity contribution is -0.136. The van der Waals surface area contributed by atoms with Crippen molar-refractivity contribution in [1.29, 1.82) is 0 Å². The first-order valence-electron chi connectivity index (χ1n) is 5.31. The average molecular weight is 231 g/mol. The van der Waals surface area contributed by atoms with Gasteiger partial charge in [0.05, 0.1) is 0 Å². The predicted molar refractivity (Wildman–Crippen MR) is 62.8 cm³/mol. The number of hydrogen-bond donors (Lipinski definition) is 1. The van der Waals surface area contributed by atoms with E-state index in [4.69, 9.17) is 9.52 Å². The molecule has 0 aliphatic heterocycles. The van der Waals surface area contributed by atoms with E-state index in [2.05, 4.69) is 4.98 Å². The zero-order valence-electron chi connectivity index (χ0n) is 9.73. The van der Waals surface area contributed by atoms with Crippen LogP contribution in [0.25, 0.3) is 11.3 Å². The van der Waals surface area contributed by atoms with Gasteiger partial charge in [0.15, 0.2) is 0 Å². The Morgan fingerprint density at radius 2 is 1.94 bits per heavy atom. The Kier molecular flexibility index (Phi) is 2.95. The molecular weight excluding hydrogens is 218 g/mol. The summed E-state index contributed by atoms with van der Waals surface area (Å²) in [4.78, 5) is 14.8. The molecule has 0 atom stereocenters. The van der Waals surface area contributed by atoms with Crippen molar-refractivity contribution in [3.63, 3.8) is 0 Å². The zero-order chi connectivity index (χ0) is 12.4. The Balaban J connectivity index is 2.35. The van der Waals surface area contributed by atoms with Crippen LogP contribution in [-0.2, 0) is 11.2 Å². The second-order valence-corrected chi connectivity index (χ2v) is 3.95. The molecule has 0 aliphatic rings. The van der Waals surface area contributed by atoms with Crippen molar-refractivity contribution in [1.82, 2.24) is 4.98 Å². The summed E-state index contributed by atoms with van der Waals surface area (Å²) in [5, 5.41) is 8.67. The molecule has 0 amide bonds. The smallest absolute Gasteiger partial charge is 0.312 e. The highest BCUT2D eigenvalue weighted by atomic mass is 16.4. The maximum Gasteiger partial charge on any atom is 0.312 e. The van der Waals surface area contributed by atoms with Crippen LogP contribution in [0.3, 0.4) is 0 Å². The van der Waals surface area contributed by atoms with Gasteiger partial charge in [0.2, 0.25) is 5.89 Å². The van der Waals surface area contributed by atoms with Gasteiger partial charge < -0.3 is 9.52 Å². The summed E-state index contributed by atoms with van der Waals surface area (Å²) in [5.41, 5.74) is 2.82. The number of oxazole rings is 1. The van der Waals surface area contributed by atoms with Gasteiger partial charge >= 0.3 is 5.97 Å². The molecule has 0 spiro atoms. The Morgan fingerprint density at radius 3 is 2.53 bits per heavy atom. The third-order valence-electron chi connectivity index (χ3n) is 2.47. The van der Waals surface area contributed by atoms with Crippen molar-refractivity contribution in [3.05, 3.63) is 41.5 Å². The van der Waals surface area contributed by atoms with E-state index >= 15 is 0 Å². The molecule has 4 heteroatoms. The number of aliphatic carboxylic acids is 1. The third-order valence-corrected chi connectivity index (χ3v) is 2.47. The molecule has 4 nitrogen and oxygen atoms in total. The monoisotopic (exact) mass is 231 g/mol. The van der Waals surface area contributed by atoms with Crippen molar-refractivity contribution in [2.24, 2.45) is 0 Å². The Labute approximate surface area is 98.9 Å². The highest BCUT2D eigenvalue weighted by molar-refractivity contribution is 5.69. The summed E-state index contributed by atoms with van der Waals surface area (Å²) in [7, 11) is 0. The van der Waals surface area contributed by atoms with E-state index in [1.807, 2.05) is 31.2 Å². The summed E-state index contributed by atoms with van der Waals surface area (Å²) in [5.74, 6) is -0.0580. The molecule has 0 saturated heterocycles. The number of carbonyl (C=O) groups is 1. The largest absolute Gasteiger partial charge is 0.481 e. The van der Waals surface area contributed by atoms with Crippen LogP contribution in [0.2, 0.25) is 0 Å². The van der Waals surface area contributed by atoms with Crippen LogP contribution in [0.4, 0.5) is 0 Å². The summed E-state index contributed by atoms with van der Waals surface area (Å²) in [6.07, 6.45) is -0.188.